The van der Waals surface area contributed by atoms with Gasteiger partial charge in [0.15, 0.2) is 5.82 Å². The van der Waals surface area contributed by atoms with E-state index in [-0.39, 0.29) is 27.7 Å². The lowest BCUT2D eigenvalue weighted by atomic mass is 10.0. The Labute approximate surface area is 149 Å². The van der Waals surface area contributed by atoms with E-state index in [9.17, 15) is 28.5 Å². The average molecular weight is 375 g/mol. The number of nitro benzene ring substituents is 1. The fourth-order valence-corrected chi connectivity index (χ4v) is 2.56. The number of alkyl halides is 2. The highest BCUT2D eigenvalue weighted by Crippen LogP contribution is 2.28. The van der Waals surface area contributed by atoms with E-state index in [0.717, 1.165) is 13.2 Å². The van der Waals surface area contributed by atoms with Crippen LogP contribution in [0, 0.1) is 10.1 Å². The van der Waals surface area contributed by atoms with Gasteiger partial charge in [0.05, 0.1) is 28.5 Å². The van der Waals surface area contributed by atoms with E-state index in [4.69, 9.17) is 0 Å². The van der Waals surface area contributed by atoms with Crippen molar-refractivity contribution in [1.82, 2.24) is 9.97 Å². The number of nitrogens with zero attached hydrogens (tertiary/aromatic N) is 2. The van der Waals surface area contributed by atoms with Gasteiger partial charge in [0, 0.05) is 12.1 Å². The first-order valence-electron chi connectivity index (χ1n) is 7.50. The van der Waals surface area contributed by atoms with Crippen LogP contribution in [0.15, 0.2) is 41.2 Å². The molecule has 0 amide bonds. The lowest BCUT2D eigenvalue weighted by Crippen LogP contribution is -2.12. The van der Waals surface area contributed by atoms with Gasteiger partial charge in [-0.15, -0.1) is 0 Å². The van der Waals surface area contributed by atoms with E-state index < -0.39 is 28.7 Å². The summed E-state index contributed by atoms with van der Waals surface area (Å²) in [6, 6.07) is 7.83. The molecule has 138 valence electrons. The Kier molecular flexibility index (Phi) is 4.63. The molecule has 0 aliphatic carbocycles. The van der Waals surface area contributed by atoms with Crippen LogP contribution in [0.5, 0.6) is 0 Å². The van der Waals surface area contributed by atoms with Crippen LogP contribution in [0.25, 0.3) is 22.0 Å². The number of aromatic nitrogens is 2. The fourth-order valence-electron chi connectivity index (χ4n) is 2.56. The molecule has 2 aromatic carbocycles. The standard InChI is InChI=1S/C17H11F2N3O5/c1-27-17(24)10-4-9(5-11(6-10)22(25)26)8-2-3-13-12(7-8)16(23)21-15(20-13)14(18)19/h2-7,14H,1H3,(H,20,21,23). The lowest BCUT2D eigenvalue weighted by molar-refractivity contribution is -0.384. The van der Waals surface area contributed by atoms with Crippen molar-refractivity contribution in [2.24, 2.45) is 0 Å². The quantitative estimate of drug-likeness (QED) is 0.425. The number of benzene rings is 2. The van der Waals surface area contributed by atoms with Crippen LogP contribution >= 0.6 is 0 Å². The van der Waals surface area contributed by atoms with Crippen molar-refractivity contribution in [2.75, 3.05) is 7.11 Å². The highest BCUT2D eigenvalue weighted by Gasteiger charge is 2.17. The van der Waals surface area contributed by atoms with E-state index in [1.807, 2.05) is 4.98 Å². The molecule has 27 heavy (non-hydrogen) atoms. The van der Waals surface area contributed by atoms with Gasteiger partial charge >= 0.3 is 5.97 Å². The zero-order valence-corrected chi connectivity index (χ0v) is 13.7. The minimum atomic E-state index is -2.93. The summed E-state index contributed by atoms with van der Waals surface area (Å²) in [5.74, 6) is -1.51. The lowest BCUT2D eigenvalue weighted by Gasteiger charge is -2.07. The molecule has 3 aromatic rings. The zero-order chi connectivity index (χ0) is 19.7. The number of carbonyl (C=O) groups is 1. The highest BCUT2D eigenvalue weighted by atomic mass is 19.3. The Balaban J connectivity index is 2.20. The van der Waals surface area contributed by atoms with E-state index >= 15 is 0 Å². The minimum Gasteiger partial charge on any atom is -0.465 e. The number of hydrogen-bond acceptors (Lipinski definition) is 6. The van der Waals surface area contributed by atoms with Gasteiger partial charge in [-0.1, -0.05) is 6.07 Å². The first kappa shape index (κ1) is 18.1. The third kappa shape index (κ3) is 3.50. The number of halogens is 2. The maximum atomic E-state index is 12.8. The van der Waals surface area contributed by atoms with Crippen LogP contribution in [-0.2, 0) is 4.74 Å². The predicted molar refractivity (Wildman–Crippen MR) is 90.8 cm³/mol. The number of nitro groups is 1. The van der Waals surface area contributed by atoms with E-state index in [1.165, 1.54) is 30.3 Å². The summed E-state index contributed by atoms with van der Waals surface area (Å²) in [5, 5.41) is 11.2. The largest absolute Gasteiger partial charge is 0.465 e. The van der Waals surface area contributed by atoms with Gasteiger partial charge in [-0.3, -0.25) is 14.9 Å². The van der Waals surface area contributed by atoms with Crippen LogP contribution in [-0.4, -0.2) is 28.0 Å². The first-order chi connectivity index (χ1) is 12.8. The summed E-state index contributed by atoms with van der Waals surface area (Å²) >= 11 is 0. The molecule has 0 atom stereocenters. The van der Waals surface area contributed by atoms with Crippen molar-refractivity contribution in [1.29, 1.82) is 0 Å². The number of aromatic amines is 1. The van der Waals surface area contributed by atoms with Crippen LogP contribution in [0.3, 0.4) is 0 Å². The maximum absolute atomic E-state index is 12.8. The third-order valence-corrected chi connectivity index (χ3v) is 3.81. The number of esters is 1. The van der Waals surface area contributed by atoms with E-state index in [0.29, 0.717) is 5.56 Å². The Morgan fingerprint density at radius 1 is 1.22 bits per heavy atom. The third-order valence-electron chi connectivity index (χ3n) is 3.81. The first-order valence-corrected chi connectivity index (χ1v) is 7.50. The molecule has 0 fully saturated rings. The molecular weight excluding hydrogens is 364 g/mol. The number of rotatable bonds is 4. The van der Waals surface area contributed by atoms with Crippen molar-refractivity contribution in [3.63, 3.8) is 0 Å². The molecule has 0 saturated heterocycles. The number of H-pyrrole nitrogens is 1. The summed E-state index contributed by atoms with van der Waals surface area (Å²) in [4.78, 5) is 40.0. The molecular formula is C17H11F2N3O5. The van der Waals surface area contributed by atoms with E-state index in [1.54, 1.807) is 0 Å². The summed E-state index contributed by atoms with van der Waals surface area (Å²) in [5.41, 5.74) is -0.445. The highest BCUT2D eigenvalue weighted by molar-refractivity contribution is 5.93. The molecule has 1 heterocycles. The monoisotopic (exact) mass is 375 g/mol. The van der Waals surface area contributed by atoms with Gasteiger partial charge in [-0.25, -0.2) is 18.6 Å². The van der Waals surface area contributed by atoms with Gasteiger partial charge < -0.3 is 9.72 Å². The second kappa shape index (κ2) is 6.90. The smallest absolute Gasteiger partial charge is 0.338 e. The van der Waals surface area contributed by atoms with Gasteiger partial charge in [-0.05, 0) is 29.3 Å². The molecule has 1 aromatic heterocycles. The molecule has 0 radical (unpaired) electrons. The Morgan fingerprint density at radius 2 is 1.96 bits per heavy atom. The van der Waals surface area contributed by atoms with Crippen molar-refractivity contribution in [2.45, 2.75) is 6.43 Å². The van der Waals surface area contributed by atoms with Crippen molar-refractivity contribution < 1.29 is 23.2 Å². The van der Waals surface area contributed by atoms with Crippen LogP contribution < -0.4 is 5.56 Å². The van der Waals surface area contributed by atoms with Crippen LogP contribution in [0.1, 0.15) is 22.6 Å². The number of carbonyl (C=O) groups excluding carboxylic acids is 1. The molecule has 0 saturated carbocycles. The van der Waals surface area contributed by atoms with Gasteiger partial charge in [-0.2, -0.15) is 0 Å². The number of methoxy groups -OCH3 is 1. The molecule has 10 heteroatoms. The summed E-state index contributed by atoms with van der Waals surface area (Å²) in [7, 11) is 1.14. The SMILES string of the molecule is COC(=O)c1cc(-c2ccc3nc(C(F)F)[nH]c(=O)c3c2)cc([N+](=O)[O-])c1. The van der Waals surface area contributed by atoms with Gasteiger partial charge in [0.1, 0.15) is 0 Å². The maximum Gasteiger partial charge on any atom is 0.338 e. The number of ether oxygens (including phenoxy) is 1. The second-order valence-electron chi connectivity index (χ2n) is 5.50. The number of nitrogens with one attached hydrogen (secondary N) is 1. The second-order valence-corrected chi connectivity index (χ2v) is 5.50. The topological polar surface area (TPSA) is 115 Å². The fraction of sp³-hybridized carbons (Fsp3) is 0.118. The number of fused-ring (bicyclic) bond motifs is 1. The molecule has 0 unspecified atom stereocenters. The number of hydrogen-bond donors (Lipinski definition) is 1. The molecule has 0 aliphatic rings. The van der Waals surface area contributed by atoms with E-state index in [2.05, 4.69) is 9.72 Å². The summed E-state index contributed by atoms with van der Waals surface area (Å²) in [6.07, 6.45) is -2.93. The van der Waals surface area contributed by atoms with Crippen molar-refractivity contribution >= 4 is 22.6 Å². The predicted octanol–water partition coefficient (Wildman–Crippen LogP) is 3.22. The van der Waals surface area contributed by atoms with Crippen LogP contribution in [0.4, 0.5) is 14.5 Å². The minimum absolute atomic E-state index is 0.0306. The summed E-state index contributed by atoms with van der Waals surface area (Å²) in [6.45, 7) is 0. The van der Waals surface area contributed by atoms with Gasteiger partial charge in [0.25, 0.3) is 17.7 Å². The molecule has 0 aliphatic heterocycles. The number of non-ortho nitro benzene ring substituents is 1. The molecule has 8 nitrogen and oxygen atoms in total. The molecule has 1 N–H and O–H groups in total. The Morgan fingerprint density at radius 3 is 2.59 bits per heavy atom. The Hall–Kier alpha value is -3.69. The van der Waals surface area contributed by atoms with Crippen LogP contribution in [0.2, 0.25) is 0 Å². The summed E-state index contributed by atoms with van der Waals surface area (Å²) < 4.78 is 30.1. The normalized spacial score (nSPS) is 11.0. The molecule has 3 rings (SSSR count). The average Bonchev–Trinajstić information content (AvgIpc) is 2.66. The molecule has 0 bridgehead atoms. The van der Waals surface area contributed by atoms with Crippen molar-refractivity contribution in [3.8, 4) is 11.1 Å². The Bertz CT molecular complexity index is 1130. The van der Waals surface area contributed by atoms with Crippen molar-refractivity contribution in [3.05, 3.63) is 68.3 Å². The van der Waals surface area contributed by atoms with Gasteiger partial charge in [0.2, 0.25) is 0 Å². The molecule has 0 spiro atoms. The zero-order valence-electron chi connectivity index (χ0n) is 13.7.